The zero-order valence-electron chi connectivity index (χ0n) is 14.3. The minimum atomic E-state index is -4.39. The zero-order valence-corrected chi connectivity index (χ0v) is 15.1. The lowest BCUT2D eigenvalue weighted by molar-refractivity contribution is -0.137. The summed E-state index contributed by atoms with van der Waals surface area (Å²) in [6.45, 7) is 0.268. The van der Waals surface area contributed by atoms with Crippen LogP contribution >= 0.6 is 0 Å². The highest BCUT2D eigenvalue weighted by atomic mass is 32.2. The van der Waals surface area contributed by atoms with Gasteiger partial charge in [-0.25, -0.2) is 8.42 Å². The predicted molar refractivity (Wildman–Crippen MR) is 91.5 cm³/mol. The zero-order chi connectivity index (χ0) is 19.7. The number of hydrogen-bond donors (Lipinski definition) is 0. The van der Waals surface area contributed by atoms with Crippen LogP contribution in [0.4, 0.5) is 13.2 Å². The molecule has 2 aromatic rings. The maximum absolute atomic E-state index is 12.5. The van der Waals surface area contributed by atoms with Gasteiger partial charge in [-0.05, 0) is 36.2 Å². The highest BCUT2D eigenvalue weighted by Gasteiger charge is 2.39. The molecule has 9 heteroatoms. The summed E-state index contributed by atoms with van der Waals surface area (Å²) in [6, 6.07) is 7.87. The molecule has 27 heavy (non-hydrogen) atoms. The normalized spacial score (nSPS) is 15.6. The first-order valence-electron chi connectivity index (χ1n) is 8.33. The number of alkyl halides is 3. The third kappa shape index (κ3) is 4.71. The molecule has 1 aromatic heterocycles. The van der Waals surface area contributed by atoms with Gasteiger partial charge in [0.25, 0.3) is 0 Å². The summed E-state index contributed by atoms with van der Waals surface area (Å²) in [4.78, 5) is 13.6. The first kappa shape index (κ1) is 19.5. The van der Waals surface area contributed by atoms with Crippen molar-refractivity contribution in [3.63, 3.8) is 0 Å². The molecular weight excluding hydrogens is 383 g/mol. The molecule has 0 N–H and O–H groups in total. The number of furan rings is 1. The Kier molecular flexibility index (Phi) is 5.32. The Bertz CT molecular complexity index is 884. The van der Waals surface area contributed by atoms with Gasteiger partial charge in [-0.2, -0.15) is 13.2 Å². The fourth-order valence-electron chi connectivity index (χ4n) is 2.85. The van der Waals surface area contributed by atoms with Crippen LogP contribution in [0.15, 0.2) is 47.1 Å². The molecule has 0 bridgehead atoms. The van der Waals surface area contributed by atoms with Crippen molar-refractivity contribution in [3.8, 4) is 0 Å². The van der Waals surface area contributed by atoms with Gasteiger partial charge in [-0.1, -0.05) is 12.1 Å². The smallest absolute Gasteiger partial charge is 0.416 e. The second kappa shape index (κ2) is 7.38. The number of hydrogen-bond acceptors (Lipinski definition) is 4. The minimum absolute atomic E-state index is 0.121. The number of carbonyl (C=O) groups excluding carboxylic acids is 1. The average molecular weight is 401 g/mol. The summed E-state index contributed by atoms with van der Waals surface area (Å²) in [5.74, 6) is -0.0421. The first-order valence-corrected chi connectivity index (χ1v) is 10.0. The van der Waals surface area contributed by atoms with E-state index in [0.29, 0.717) is 17.7 Å². The summed E-state index contributed by atoms with van der Waals surface area (Å²) in [6.07, 6.45) is -2.56. The number of rotatable bonds is 6. The number of nitrogens with zero attached hydrogens (tertiary/aromatic N) is 1. The van der Waals surface area contributed by atoms with Crippen LogP contribution in [0.1, 0.15) is 23.3 Å². The number of amides is 1. The molecule has 1 fully saturated rings. The van der Waals surface area contributed by atoms with E-state index in [2.05, 4.69) is 0 Å². The van der Waals surface area contributed by atoms with Crippen molar-refractivity contribution >= 4 is 15.7 Å². The van der Waals surface area contributed by atoms with Crippen LogP contribution in [0.2, 0.25) is 0 Å². The van der Waals surface area contributed by atoms with Gasteiger partial charge in [0, 0.05) is 19.5 Å². The Labute approximate surface area is 154 Å². The third-order valence-electron chi connectivity index (χ3n) is 4.54. The quantitative estimate of drug-likeness (QED) is 0.746. The molecule has 0 radical (unpaired) electrons. The van der Waals surface area contributed by atoms with Crippen LogP contribution in [-0.4, -0.2) is 37.6 Å². The molecule has 1 saturated heterocycles. The van der Waals surface area contributed by atoms with E-state index in [4.69, 9.17) is 4.42 Å². The van der Waals surface area contributed by atoms with Crippen molar-refractivity contribution in [3.05, 3.63) is 59.5 Å². The molecule has 3 rings (SSSR count). The van der Waals surface area contributed by atoms with Crippen LogP contribution in [0, 0.1) is 0 Å². The Morgan fingerprint density at radius 1 is 1.15 bits per heavy atom. The molecule has 1 aromatic carbocycles. The molecular formula is C18H18F3NO4S. The van der Waals surface area contributed by atoms with Crippen molar-refractivity contribution in [2.45, 2.75) is 30.0 Å². The maximum atomic E-state index is 12.5. The van der Waals surface area contributed by atoms with E-state index < -0.39 is 26.8 Å². The molecule has 1 aliphatic heterocycles. The Balaban J connectivity index is 1.46. The van der Waals surface area contributed by atoms with Crippen LogP contribution in [-0.2, 0) is 33.0 Å². The fourth-order valence-corrected chi connectivity index (χ4v) is 4.46. The largest absolute Gasteiger partial charge is 0.468 e. The number of sulfone groups is 1. The molecule has 0 aliphatic carbocycles. The van der Waals surface area contributed by atoms with Gasteiger partial charge in [0.15, 0.2) is 9.84 Å². The van der Waals surface area contributed by atoms with E-state index in [0.717, 1.165) is 12.1 Å². The van der Waals surface area contributed by atoms with Gasteiger partial charge in [0.05, 0.1) is 17.1 Å². The molecule has 0 saturated carbocycles. The lowest BCUT2D eigenvalue weighted by atomic mass is 10.1. The maximum Gasteiger partial charge on any atom is 0.416 e. The van der Waals surface area contributed by atoms with E-state index >= 15 is 0 Å². The summed E-state index contributed by atoms with van der Waals surface area (Å²) >= 11 is 0. The molecule has 146 valence electrons. The average Bonchev–Trinajstić information content (AvgIpc) is 3.03. The van der Waals surface area contributed by atoms with Gasteiger partial charge in [-0.3, -0.25) is 4.79 Å². The van der Waals surface area contributed by atoms with Crippen molar-refractivity contribution in [1.82, 2.24) is 4.90 Å². The van der Waals surface area contributed by atoms with Gasteiger partial charge < -0.3 is 9.32 Å². The van der Waals surface area contributed by atoms with E-state index in [1.807, 2.05) is 0 Å². The van der Waals surface area contributed by atoms with E-state index in [1.54, 1.807) is 12.1 Å². The Hall–Kier alpha value is -2.29. The lowest BCUT2D eigenvalue weighted by Gasteiger charge is -2.38. The molecule has 1 aliphatic rings. The number of benzene rings is 1. The lowest BCUT2D eigenvalue weighted by Crippen LogP contribution is -2.57. The van der Waals surface area contributed by atoms with Crippen molar-refractivity contribution < 1.29 is 30.8 Å². The standard InChI is InChI=1S/C18H18F3NO4S/c19-18(20,21)14-6-3-13(4-7-14)5-8-17(23)22-10-16(11-22)27(24,25)12-15-2-1-9-26-15/h1-4,6-7,9,16H,5,8,10-12H2. The molecule has 2 heterocycles. The molecule has 5 nitrogen and oxygen atoms in total. The topological polar surface area (TPSA) is 67.6 Å². The molecule has 0 unspecified atom stereocenters. The minimum Gasteiger partial charge on any atom is -0.468 e. The second-order valence-corrected chi connectivity index (χ2v) is 8.78. The van der Waals surface area contributed by atoms with Crippen molar-refractivity contribution in [2.75, 3.05) is 13.1 Å². The summed E-state index contributed by atoms with van der Waals surface area (Å²) in [5.41, 5.74) is -0.108. The monoisotopic (exact) mass is 401 g/mol. The van der Waals surface area contributed by atoms with Crippen LogP contribution in [0.3, 0.4) is 0 Å². The van der Waals surface area contributed by atoms with Gasteiger partial charge >= 0.3 is 6.18 Å². The number of aryl methyl sites for hydroxylation is 1. The molecule has 1 amide bonds. The number of halogens is 3. The highest BCUT2D eigenvalue weighted by Crippen LogP contribution is 2.29. The van der Waals surface area contributed by atoms with Crippen molar-refractivity contribution in [1.29, 1.82) is 0 Å². The SMILES string of the molecule is O=C(CCc1ccc(C(F)(F)F)cc1)N1CC(S(=O)(=O)Cc2ccco2)C1. The van der Waals surface area contributed by atoms with Gasteiger partial charge in [-0.15, -0.1) is 0 Å². The van der Waals surface area contributed by atoms with Crippen LogP contribution in [0.25, 0.3) is 0 Å². The number of carbonyl (C=O) groups is 1. The van der Waals surface area contributed by atoms with E-state index in [1.165, 1.54) is 23.3 Å². The third-order valence-corrected chi connectivity index (χ3v) is 6.54. The summed E-state index contributed by atoms with van der Waals surface area (Å²) in [7, 11) is -3.39. The van der Waals surface area contributed by atoms with E-state index in [-0.39, 0.29) is 31.2 Å². The number of likely N-dealkylation sites (tertiary alicyclic amines) is 1. The van der Waals surface area contributed by atoms with Crippen LogP contribution < -0.4 is 0 Å². The van der Waals surface area contributed by atoms with Crippen molar-refractivity contribution in [2.24, 2.45) is 0 Å². The first-order chi connectivity index (χ1) is 12.6. The summed E-state index contributed by atoms with van der Waals surface area (Å²) in [5, 5.41) is -0.613. The Morgan fingerprint density at radius 2 is 1.81 bits per heavy atom. The van der Waals surface area contributed by atoms with Gasteiger partial charge in [0.2, 0.25) is 5.91 Å². The van der Waals surface area contributed by atoms with Crippen LogP contribution in [0.5, 0.6) is 0 Å². The predicted octanol–water partition coefficient (Wildman–Crippen LogP) is 3.06. The second-order valence-electron chi connectivity index (χ2n) is 6.50. The summed E-state index contributed by atoms with van der Waals surface area (Å²) < 4.78 is 67.1. The fraction of sp³-hybridized carbons (Fsp3) is 0.389. The van der Waals surface area contributed by atoms with Gasteiger partial charge in [0.1, 0.15) is 11.5 Å². The molecule has 0 spiro atoms. The Morgan fingerprint density at radius 3 is 2.37 bits per heavy atom. The highest BCUT2D eigenvalue weighted by molar-refractivity contribution is 7.91. The van der Waals surface area contributed by atoms with E-state index in [9.17, 15) is 26.4 Å². The molecule has 0 atom stereocenters.